The Bertz CT molecular complexity index is 387. The molecule has 5 heteroatoms. The average molecular weight is 284 g/mol. The number of methoxy groups -OCH3 is 1. The minimum absolute atomic E-state index is 0.0582. The van der Waals surface area contributed by atoms with E-state index in [-0.39, 0.29) is 6.61 Å². The van der Waals surface area contributed by atoms with E-state index in [4.69, 9.17) is 4.74 Å². The molecule has 0 atom stereocenters. The van der Waals surface area contributed by atoms with Crippen LogP contribution in [0.5, 0.6) is 0 Å². The van der Waals surface area contributed by atoms with Gasteiger partial charge in [-0.25, -0.2) is 4.98 Å². The maximum absolute atomic E-state index is 9.37. The van der Waals surface area contributed by atoms with Crippen LogP contribution in [0.4, 0.5) is 5.13 Å². The molecule has 19 heavy (non-hydrogen) atoms. The van der Waals surface area contributed by atoms with Crippen molar-refractivity contribution in [1.82, 2.24) is 4.98 Å². The van der Waals surface area contributed by atoms with Crippen molar-refractivity contribution in [2.75, 3.05) is 25.1 Å². The van der Waals surface area contributed by atoms with Gasteiger partial charge >= 0.3 is 0 Å². The third-order valence-corrected chi connectivity index (χ3v) is 4.92. The number of aliphatic hydroxyl groups excluding tert-OH is 1. The van der Waals surface area contributed by atoms with Crippen LogP contribution in [0.15, 0.2) is 0 Å². The van der Waals surface area contributed by atoms with E-state index in [1.54, 1.807) is 18.4 Å². The zero-order valence-electron chi connectivity index (χ0n) is 11.9. The number of hydrogen-bond acceptors (Lipinski definition) is 5. The number of hydrogen-bond donors (Lipinski definition) is 1. The molecule has 2 rings (SSSR count). The Hall–Kier alpha value is -0.650. The monoisotopic (exact) mass is 284 g/mol. The summed E-state index contributed by atoms with van der Waals surface area (Å²) in [7, 11) is 1.66. The maximum atomic E-state index is 9.37. The Balaban J connectivity index is 1.99. The molecule has 2 heterocycles. The fourth-order valence-electron chi connectivity index (χ4n) is 2.70. The SMILES string of the molecule is CCCC1CCN(c2nc(COC)c(CO)s2)CC1. The molecule has 1 aliphatic rings. The van der Waals surface area contributed by atoms with Crippen LogP contribution in [0.3, 0.4) is 0 Å². The van der Waals surface area contributed by atoms with Crippen molar-refractivity contribution in [3.63, 3.8) is 0 Å². The summed E-state index contributed by atoms with van der Waals surface area (Å²) >= 11 is 1.61. The molecule has 0 radical (unpaired) electrons. The summed E-state index contributed by atoms with van der Waals surface area (Å²) in [5, 5.41) is 10.4. The zero-order chi connectivity index (χ0) is 13.7. The highest BCUT2D eigenvalue weighted by molar-refractivity contribution is 7.15. The highest BCUT2D eigenvalue weighted by Gasteiger charge is 2.22. The van der Waals surface area contributed by atoms with E-state index < -0.39 is 0 Å². The Labute approximate surface area is 119 Å². The van der Waals surface area contributed by atoms with Gasteiger partial charge in [-0.3, -0.25) is 0 Å². The standard InChI is InChI=1S/C14H24N2O2S/c1-3-4-11-5-7-16(8-6-11)14-15-12(10-18-2)13(9-17)19-14/h11,17H,3-10H2,1-2H3. The van der Waals surface area contributed by atoms with Crippen LogP contribution in [0.25, 0.3) is 0 Å². The van der Waals surface area contributed by atoms with E-state index in [0.29, 0.717) is 6.61 Å². The van der Waals surface area contributed by atoms with E-state index in [0.717, 1.165) is 34.7 Å². The first kappa shape index (κ1) is 14.8. The molecule has 1 aromatic rings. The molecule has 1 aliphatic heterocycles. The fraction of sp³-hybridized carbons (Fsp3) is 0.786. The van der Waals surface area contributed by atoms with E-state index in [2.05, 4.69) is 16.8 Å². The largest absolute Gasteiger partial charge is 0.391 e. The fourth-order valence-corrected chi connectivity index (χ4v) is 3.67. The number of nitrogens with zero attached hydrogens (tertiary/aromatic N) is 2. The second-order valence-corrected chi connectivity index (χ2v) is 6.24. The lowest BCUT2D eigenvalue weighted by Gasteiger charge is -2.31. The number of aromatic nitrogens is 1. The van der Waals surface area contributed by atoms with Gasteiger partial charge in [0.2, 0.25) is 0 Å². The first-order valence-electron chi connectivity index (χ1n) is 7.11. The van der Waals surface area contributed by atoms with Crippen molar-refractivity contribution >= 4 is 16.5 Å². The van der Waals surface area contributed by atoms with E-state index in [9.17, 15) is 5.11 Å². The summed E-state index contributed by atoms with van der Waals surface area (Å²) in [6, 6.07) is 0. The molecule has 4 nitrogen and oxygen atoms in total. The Morgan fingerprint density at radius 1 is 1.42 bits per heavy atom. The number of thiazole rings is 1. The van der Waals surface area contributed by atoms with Gasteiger partial charge in [-0.2, -0.15) is 0 Å². The van der Waals surface area contributed by atoms with Crippen LogP contribution < -0.4 is 4.90 Å². The number of anilines is 1. The normalized spacial score (nSPS) is 17.1. The lowest BCUT2D eigenvalue weighted by Crippen LogP contribution is -2.33. The Morgan fingerprint density at radius 3 is 2.74 bits per heavy atom. The van der Waals surface area contributed by atoms with Gasteiger partial charge in [-0.05, 0) is 18.8 Å². The van der Waals surface area contributed by atoms with Crippen LogP contribution in [0, 0.1) is 5.92 Å². The van der Waals surface area contributed by atoms with Crippen LogP contribution in [0.2, 0.25) is 0 Å². The smallest absolute Gasteiger partial charge is 0.185 e. The third kappa shape index (κ3) is 3.68. The van der Waals surface area contributed by atoms with Crippen molar-refractivity contribution in [3.05, 3.63) is 10.6 Å². The molecule has 0 spiro atoms. The maximum Gasteiger partial charge on any atom is 0.185 e. The summed E-state index contributed by atoms with van der Waals surface area (Å²) < 4.78 is 5.13. The average Bonchev–Trinajstić information content (AvgIpc) is 2.84. The van der Waals surface area contributed by atoms with Crippen LogP contribution >= 0.6 is 11.3 Å². The van der Waals surface area contributed by atoms with E-state index in [1.807, 2.05) is 0 Å². The summed E-state index contributed by atoms with van der Waals surface area (Å²) in [5.41, 5.74) is 0.890. The van der Waals surface area contributed by atoms with Crippen LogP contribution in [0.1, 0.15) is 43.2 Å². The lowest BCUT2D eigenvalue weighted by molar-refractivity contribution is 0.179. The van der Waals surface area contributed by atoms with Gasteiger partial charge < -0.3 is 14.7 Å². The van der Waals surface area contributed by atoms with Gasteiger partial charge in [0.1, 0.15) is 0 Å². The van der Waals surface area contributed by atoms with E-state index >= 15 is 0 Å². The van der Waals surface area contributed by atoms with Gasteiger partial charge in [0.15, 0.2) is 5.13 Å². The topological polar surface area (TPSA) is 45.6 Å². The predicted molar refractivity (Wildman–Crippen MR) is 78.6 cm³/mol. The molecule has 1 fully saturated rings. The van der Waals surface area contributed by atoms with Crippen molar-refractivity contribution in [2.24, 2.45) is 5.92 Å². The lowest BCUT2D eigenvalue weighted by atomic mass is 9.93. The quantitative estimate of drug-likeness (QED) is 0.872. The number of ether oxygens (including phenoxy) is 1. The third-order valence-electron chi connectivity index (χ3n) is 3.77. The highest BCUT2D eigenvalue weighted by Crippen LogP contribution is 2.31. The number of piperidine rings is 1. The number of aliphatic hydroxyl groups is 1. The summed E-state index contributed by atoms with van der Waals surface area (Å²) in [5.74, 6) is 0.886. The first-order chi connectivity index (χ1) is 9.28. The molecule has 1 N–H and O–H groups in total. The summed E-state index contributed by atoms with van der Waals surface area (Å²) in [6.45, 7) is 4.99. The van der Waals surface area contributed by atoms with Crippen LogP contribution in [-0.4, -0.2) is 30.3 Å². The molecule has 0 amide bonds. The second kappa shape index (κ2) is 7.22. The van der Waals surface area contributed by atoms with Crippen molar-refractivity contribution < 1.29 is 9.84 Å². The first-order valence-corrected chi connectivity index (χ1v) is 7.93. The van der Waals surface area contributed by atoms with Gasteiger partial charge in [-0.15, -0.1) is 0 Å². The van der Waals surface area contributed by atoms with Crippen molar-refractivity contribution in [3.8, 4) is 0 Å². The molecule has 0 unspecified atom stereocenters. The van der Waals surface area contributed by atoms with Crippen LogP contribution in [-0.2, 0) is 18.0 Å². The number of rotatable bonds is 6. The Morgan fingerprint density at radius 2 is 2.16 bits per heavy atom. The van der Waals surface area contributed by atoms with Gasteiger partial charge in [0.05, 0.1) is 23.8 Å². The van der Waals surface area contributed by atoms with E-state index in [1.165, 1.54) is 25.7 Å². The van der Waals surface area contributed by atoms with Crippen molar-refractivity contribution in [1.29, 1.82) is 0 Å². The minimum atomic E-state index is 0.0582. The van der Waals surface area contributed by atoms with Gasteiger partial charge in [0.25, 0.3) is 0 Å². The molecular formula is C14H24N2O2S. The minimum Gasteiger partial charge on any atom is -0.391 e. The molecule has 1 saturated heterocycles. The predicted octanol–water partition coefficient (Wildman–Crippen LogP) is 2.80. The molecule has 0 aromatic carbocycles. The Kier molecular flexibility index (Phi) is 5.60. The molecular weight excluding hydrogens is 260 g/mol. The summed E-state index contributed by atoms with van der Waals surface area (Å²) in [6.07, 6.45) is 5.17. The second-order valence-electron chi connectivity index (χ2n) is 5.18. The van der Waals surface area contributed by atoms with Gasteiger partial charge in [0, 0.05) is 20.2 Å². The molecule has 0 aliphatic carbocycles. The van der Waals surface area contributed by atoms with Gasteiger partial charge in [-0.1, -0.05) is 31.1 Å². The molecule has 108 valence electrons. The highest BCUT2D eigenvalue weighted by atomic mass is 32.1. The molecule has 0 bridgehead atoms. The van der Waals surface area contributed by atoms with Crippen molar-refractivity contribution in [2.45, 2.75) is 45.8 Å². The molecule has 1 aromatic heterocycles. The zero-order valence-corrected chi connectivity index (χ0v) is 12.7. The molecule has 0 saturated carbocycles. The summed E-state index contributed by atoms with van der Waals surface area (Å²) in [4.78, 5) is 7.92.